The molecule has 0 bridgehead atoms. The molecule has 3 nitrogen and oxygen atoms in total. The van der Waals surface area contributed by atoms with Crippen molar-refractivity contribution in [3.8, 4) is 0 Å². The van der Waals surface area contributed by atoms with Gasteiger partial charge in [-0.25, -0.2) is 0 Å². The summed E-state index contributed by atoms with van der Waals surface area (Å²) in [6.45, 7) is 1.78. The molecule has 1 heterocycles. The van der Waals surface area contributed by atoms with Gasteiger partial charge in [0.15, 0.2) is 0 Å². The van der Waals surface area contributed by atoms with Gasteiger partial charge >= 0.3 is 0 Å². The second kappa shape index (κ2) is 6.68. The first-order chi connectivity index (χ1) is 9.20. The number of carbonyl (C=O) groups excluding carboxylic acids is 1. The molecule has 1 atom stereocenters. The maximum absolute atomic E-state index is 11.6. The zero-order valence-corrected chi connectivity index (χ0v) is 11.9. The van der Waals surface area contributed by atoms with Crippen LogP contribution in [0.1, 0.15) is 25.3 Å². The number of fused-ring (bicyclic) bond motifs is 1. The maximum Gasteiger partial charge on any atom is 0.220 e. The normalized spacial score (nSPS) is 12.5. The Morgan fingerprint density at radius 2 is 2.21 bits per heavy atom. The van der Waals surface area contributed by atoms with Crippen molar-refractivity contribution < 1.29 is 9.90 Å². The number of rotatable bonds is 6. The van der Waals surface area contributed by atoms with Gasteiger partial charge in [0, 0.05) is 17.2 Å². The van der Waals surface area contributed by atoms with Crippen molar-refractivity contribution in [1.29, 1.82) is 0 Å². The number of hydrogen-bond donors (Lipinski definition) is 2. The van der Waals surface area contributed by atoms with Crippen LogP contribution >= 0.6 is 11.3 Å². The van der Waals surface area contributed by atoms with Crippen molar-refractivity contribution in [2.24, 2.45) is 0 Å². The van der Waals surface area contributed by atoms with E-state index in [9.17, 15) is 4.79 Å². The first-order valence-corrected chi connectivity index (χ1v) is 7.44. The van der Waals surface area contributed by atoms with Crippen molar-refractivity contribution >= 4 is 27.3 Å². The zero-order valence-electron chi connectivity index (χ0n) is 11.1. The summed E-state index contributed by atoms with van der Waals surface area (Å²) in [7, 11) is 0. The molecular formula is C15H19NO2S. The van der Waals surface area contributed by atoms with Crippen LogP contribution in [0, 0.1) is 0 Å². The molecule has 2 rings (SSSR count). The van der Waals surface area contributed by atoms with Crippen LogP contribution in [0.4, 0.5) is 0 Å². The molecule has 0 saturated heterocycles. The molecule has 1 aromatic carbocycles. The minimum atomic E-state index is -0.158. The second-order valence-electron chi connectivity index (χ2n) is 4.76. The highest BCUT2D eigenvalue weighted by atomic mass is 32.1. The Morgan fingerprint density at radius 3 is 3.00 bits per heavy atom. The predicted octanol–water partition coefficient (Wildman–Crippen LogP) is 2.72. The SMILES string of the molecule is CC(CO)NC(=O)CCCc1csc2ccccc12. The number of aliphatic hydroxyl groups excluding tert-OH is 1. The van der Waals surface area contributed by atoms with Gasteiger partial charge in [0.25, 0.3) is 0 Å². The molecule has 4 heteroatoms. The van der Waals surface area contributed by atoms with E-state index in [1.807, 2.05) is 12.1 Å². The van der Waals surface area contributed by atoms with E-state index in [0.717, 1.165) is 12.8 Å². The molecule has 1 aromatic heterocycles. The van der Waals surface area contributed by atoms with E-state index >= 15 is 0 Å². The number of thiophene rings is 1. The molecule has 0 spiro atoms. The summed E-state index contributed by atoms with van der Waals surface area (Å²) in [5.74, 6) is 0.0149. The fourth-order valence-corrected chi connectivity index (χ4v) is 3.06. The first kappa shape index (κ1) is 14.0. The van der Waals surface area contributed by atoms with E-state index < -0.39 is 0 Å². The van der Waals surface area contributed by atoms with Gasteiger partial charge in [0.1, 0.15) is 0 Å². The van der Waals surface area contributed by atoms with Crippen LogP contribution in [0.3, 0.4) is 0 Å². The Hall–Kier alpha value is -1.39. The molecule has 19 heavy (non-hydrogen) atoms. The predicted molar refractivity (Wildman–Crippen MR) is 79.5 cm³/mol. The highest BCUT2D eigenvalue weighted by Gasteiger charge is 2.07. The van der Waals surface area contributed by atoms with Crippen LogP contribution in [0.5, 0.6) is 0 Å². The Balaban J connectivity index is 1.84. The third kappa shape index (κ3) is 3.78. The van der Waals surface area contributed by atoms with Gasteiger partial charge in [0.2, 0.25) is 5.91 Å². The smallest absolute Gasteiger partial charge is 0.220 e. The van der Waals surface area contributed by atoms with E-state index in [2.05, 4.69) is 22.8 Å². The van der Waals surface area contributed by atoms with Crippen LogP contribution in [0.15, 0.2) is 29.6 Å². The Kier molecular flexibility index (Phi) is 4.93. The molecule has 0 radical (unpaired) electrons. The van der Waals surface area contributed by atoms with Crippen LogP contribution in [-0.4, -0.2) is 23.7 Å². The lowest BCUT2D eigenvalue weighted by molar-refractivity contribution is -0.122. The monoisotopic (exact) mass is 277 g/mol. The quantitative estimate of drug-likeness (QED) is 0.853. The number of amides is 1. The summed E-state index contributed by atoms with van der Waals surface area (Å²) in [6, 6.07) is 8.20. The van der Waals surface area contributed by atoms with Crippen molar-refractivity contribution in [1.82, 2.24) is 5.32 Å². The van der Waals surface area contributed by atoms with Crippen LogP contribution < -0.4 is 5.32 Å². The maximum atomic E-state index is 11.6. The highest BCUT2D eigenvalue weighted by molar-refractivity contribution is 7.17. The molecule has 102 valence electrons. The number of aliphatic hydroxyl groups is 1. The largest absolute Gasteiger partial charge is 0.394 e. The minimum Gasteiger partial charge on any atom is -0.394 e. The van der Waals surface area contributed by atoms with Gasteiger partial charge in [-0.15, -0.1) is 11.3 Å². The Bertz CT molecular complexity index is 550. The summed E-state index contributed by atoms with van der Waals surface area (Å²) < 4.78 is 1.30. The summed E-state index contributed by atoms with van der Waals surface area (Å²) in [6.07, 6.45) is 2.27. The lowest BCUT2D eigenvalue weighted by atomic mass is 10.1. The third-order valence-corrected chi connectivity index (χ3v) is 4.10. The molecule has 0 saturated carbocycles. The summed E-state index contributed by atoms with van der Waals surface area (Å²) >= 11 is 1.75. The molecule has 0 aliphatic carbocycles. The van der Waals surface area contributed by atoms with Crippen LogP contribution in [-0.2, 0) is 11.2 Å². The minimum absolute atomic E-state index is 0.0130. The third-order valence-electron chi connectivity index (χ3n) is 3.09. The first-order valence-electron chi connectivity index (χ1n) is 6.56. The average molecular weight is 277 g/mol. The number of nitrogens with one attached hydrogen (secondary N) is 1. The van der Waals surface area contributed by atoms with E-state index in [0.29, 0.717) is 6.42 Å². The number of carbonyl (C=O) groups is 1. The van der Waals surface area contributed by atoms with Gasteiger partial charge in [0.05, 0.1) is 6.61 Å². The molecular weight excluding hydrogens is 258 g/mol. The van der Waals surface area contributed by atoms with Gasteiger partial charge in [-0.2, -0.15) is 0 Å². The van der Waals surface area contributed by atoms with Gasteiger partial charge in [-0.3, -0.25) is 4.79 Å². The van der Waals surface area contributed by atoms with Crippen molar-refractivity contribution in [3.63, 3.8) is 0 Å². The molecule has 2 N–H and O–H groups in total. The van der Waals surface area contributed by atoms with Crippen molar-refractivity contribution in [2.75, 3.05) is 6.61 Å². The lowest BCUT2D eigenvalue weighted by Crippen LogP contribution is -2.34. The fraction of sp³-hybridized carbons (Fsp3) is 0.400. The Morgan fingerprint density at radius 1 is 1.42 bits per heavy atom. The van der Waals surface area contributed by atoms with Crippen LogP contribution in [0.2, 0.25) is 0 Å². The molecule has 0 aliphatic heterocycles. The molecule has 0 aliphatic rings. The lowest BCUT2D eigenvalue weighted by Gasteiger charge is -2.10. The standard InChI is InChI=1S/C15H19NO2S/c1-11(9-17)16-15(18)8-4-5-12-10-19-14-7-3-2-6-13(12)14/h2-3,6-7,10-11,17H,4-5,8-9H2,1H3,(H,16,18). The molecule has 1 amide bonds. The summed E-state index contributed by atoms with van der Waals surface area (Å²) in [5, 5.41) is 15.1. The van der Waals surface area contributed by atoms with Crippen molar-refractivity contribution in [3.05, 3.63) is 35.2 Å². The van der Waals surface area contributed by atoms with E-state index in [1.165, 1.54) is 15.6 Å². The molecule has 1 unspecified atom stereocenters. The topological polar surface area (TPSA) is 49.3 Å². The van der Waals surface area contributed by atoms with Gasteiger partial charge in [-0.1, -0.05) is 18.2 Å². The average Bonchev–Trinajstić information content (AvgIpc) is 2.82. The highest BCUT2D eigenvalue weighted by Crippen LogP contribution is 2.26. The molecule has 0 fully saturated rings. The zero-order chi connectivity index (χ0) is 13.7. The second-order valence-corrected chi connectivity index (χ2v) is 5.67. The number of benzene rings is 1. The van der Waals surface area contributed by atoms with E-state index in [4.69, 9.17) is 5.11 Å². The summed E-state index contributed by atoms with van der Waals surface area (Å²) in [5.41, 5.74) is 1.32. The van der Waals surface area contributed by atoms with Gasteiger partial charge < -0.3 is 10.4 Å². The molecule has 2 aromatic rings. The number of hydrogen-bond acceptors (Lipinski definition) is 3. The van der Waals surface area contributed by atoms with Crippen LogP contribution in [0.25, 0.3) is 10.1 Å². The van der Waals surface area contributed by atoms with Crippen molar-refractivity contribution in [2.45, 2.75) is 32.2 Å². The van der Waals surface area contributed by atoms with Gasteiger partial charge in [-0.05, 0) is 42.2 Å². The Labute approximate surface area is 117 Å². The van der Waals surface area contributed by atoms with E-state index in [1.54, 1.807) is 18.3 Å². The van der Waals surface area contributed by atoms with E-state index in [-0.39, 0.29) is 18.6 Å². The summed E-state index contributed by atoms with van der Waals surface area (Å²) in [4.78, 5) is 11.6. The fourth-order valence-electron chi connectivity index (χ4n) is 2.06. The number of aryl methyl sites for hydroxylation is 1.